The molecular weight excluding hydrogens is 1030 g/mol. The third-order valence-corrected chi connectivity index (χ3v) is 23.3. The van der Waals surface area contributed by atoms with Gasteiger partial charge < -0.3 is 29.4 Å². The molecule has 16 atom stereocenters. The Morgan fingerprint density at radius 3 is 1.19 bits per heavy atom. The van der Waals surface area contributed by atoms with Crippen LogP contribution in [0, 0.1) is 106 Å². The van der Waals surface area contributed by atoms with Crippen molar-refractivity contribution >= 4 is 23.1 Å². The minimum absolute atomic E-state index is 0. The van der Waals surface area contributed by atoms with Crippen LogP contribution in [0.1, 0.15) is 245 Å². The minimum atomic E-state index is -0.327. The van der Waals surface area contributed by atoms with E-state index in [1.54, 1.807) is 59.7 Å². The molecule has 10 rings (SSSR count). The van der Waals surface area contributed by atoms with E-state index in [0.717, 1.165) is 122 Å². The Morgan fingerprint density at radius 2 is 0.852 bits per heavy atom. The van der Waals surface area contributed by atoms with E-state index in [2.05, 4.69) is 81.4 Å². The van der Waals surface area contributed by atoms with Gasteiger partial charge in [0.2, 0.25) is 0 Å². The molecule has 6 nitrogen and oxygen atoms in total. The molecule has 8 aliphatic rings. The number of hydrogen-bond acceptors (Lipinski definition) is 6. The van der Waals surface area contributed by atoms with Crippen LogP contribution in [-0.2, 0) is 31.3 Å². The molecule has 448 valence electrons. The predicted molar refractivity (Wildman–Crippen MR) is 325 cm³/mol. The first-order valence-electron chi connectivity index (χ1n) is 32.5. The van der Waals surface area contributed by atoms with Gasteiger partial charge in [-0.05, 0) is 196 Å². The fourth-order valence-corrected chi connectivity index (χ4v) is 19.0. The number of carbonyl (C=O) groups is 4. The molecule has 2 aromatic rings. The molecule has 6 saturated carbocycles. The molecule has 0 radical (unpaired) electrons. The van der Waals surface area contributed by atoms with Crippen LogP contribution in [0.15, 0.2) is 84.0 Å². The SMILES string of the molecule is CC(=O)[CH-]C(=O)c1ccccc1.CC(=O)[CH-]C(=O)c1ccccc1.CC(C)CCCC(C)[C@H]1CCC2[C@@H]3CC=C4C[C@@H]([O-])CC[C@]4(C)C3CC[C@@]21C.CC(C)CCCC(C)[C@H]1CCC2[C@@H]3CC=C4C[C@@H]([O-])CC[C@]4(C)C3CC[C@@]21C.[Ti]. The largest absolute Gasteiger partial charge is 0.852 e. The number of fused-ring (bicyclic) bond motifs is 10. The van der Waals surface area contributed by atoms with Gasteiger partial charge >= 0.3 is 0 Å². The van der Waals surface area contributed by atoms with Gasteiger partial charge in [-0.2, -0.15) is 0 Å². The summed E-state index contributed by atoms with van der Waals surface area (Å²) >= 11 is 0. The molecular formula is C74H108O6Ti-4. The van der Waals surface area contributed by atoms with Gasteiger partial charge in [-0.3, -0.25) is 0 Å². The molecule has 0 N–H and O–H groups in total. The fraction of sp³-hybridized carbons (Fsp3) is 0.703. The van der Waals surface area contributed by atoms with Crippen molar-refractivity contribution in [3.63, 3.8) is 0 Å². The van der Waals surface area contributed by atoms with Crippen molar-refractivity contribution in [2.75, 3.05) is 0 Å². The van der Waals surface area contributed by atoms with Gasteiger partial charge in [0.15, 0.2) is 0 Å². The summed E-state index contributed by atoms with van der Waals surface area (Å²) in [5.41, 5.74) is 6.07. The van der Waals surface area contributed by atoms with Gasteiger partial charge in [0.1, 0.15) is 0 Å². The van der Waals surface area contributed by atoms with Crippen LogP contribution in [-0.4, -0.2) is 35.3 Å². The molecule has 6 unspecified atom stereocenters. The molecule has 7 heteroatoms. The van der Waals surface area contributed by atoms with Crippen molar-refractivity contribution in [1.29, 1.82) is 0 Å². The zero-order chi connectivity index (χ0) is 58.2. The van der Waals surface area contributed by atoms with Crippen LogP contribution in [0.5, 0.6) is 0 Å². The summed E-state index contributed by atoms with van der Waals surface area (Å²) in [6.45, 7) is 27.8. The third kappa shape index (κ3) is 15.9. The van der Waals surface area contributed by atoms with Crippen molar-refractivity contribution in [3.05, 3.63) is 108 Å². The minimum Gasteiger partial charge on any atom is -0.852 e. The third-order valence-electron chi connectivity index (χ3n) is 23.3. The number of Topliss-reactive ketones (excluding diaryl/α,β-unsaturated/α-hetero) is 4. The van der Waals surface area contributed by atoms with Crippen molar-refractivity contribution in [3.8, 4) is 0 Å². The van der Waals surface area contributed by atoms with Gasteiger partial charge in [-0.1, -0.05) is 180 Å². The second kappa shape index (κ2) is 29.4. The average molecular weight is 1140 g/mol. The Labute approximate surface area is 508 Å². The average Bonchev–Trinajstić information content (AvgIpc) is 4.21. The Kier molecular flexibility index (Phi) is 24.3. The van der Waals surface area contributed by atoms with Gasteiger partial charge in [-0.25, -0.2) is 0 Å². The van der Waals surface area contributed by atoms with E-state index in [4.69, 9.17) is 0 Å². The van der Waals surface area contributed by atoms with Gasteiger partial charge in [0.05, 0.1) is 11.6 Å². The molecule has 0 saturated heterocycles. The van der Waals surface area contributed by atoms with E-state index in [1.807, 2.05) is 12.1 Å². The second-order valence-corrected chi connectivity index (χ2v) is 29.3. The predicted octanol–water partition coefficient (Wildman–Crippen LogP) is 16.8. The summed E-state index contributed by atoms with van der Waals surface area (Å²) in [5, 5.41) is 24.3. The van der Waals surface area contributed by atoms with E-state index >= 15 is 0 Å². The zero-order valence-electron chi connectivity index (χ0n) is 52.7. The van der Waals surface area contributed by atoms with Gasteiger partial charge in [-0.15, -0.1) is 60.4 Å². The van der Waals surface area contributed by atoms with E-state index in [9.17, 15) is 29.4 Å². The Balaban J connectivity index is 0.000000186. The number of hydrogen-bond donors (Lipinski definition) is 0. The summed E-state index contributed by atoms with van der Waals surface area (Å²) in [4.78, 5) is 43.5. The van der Waals surface area contributed by atoms with Crippen LogP contribution in [0.25, 0.3) is 0 Å². The summed E-state index contributed by atoms with van der Waals surface area (Å²) in [6, 6.07) is 17.4. The van der Waals surface area contributed by atoms with Gasteiger partial charge in [0, 0.05) is 33.3 Å². The molecule has 0 bridgehead atoms. The van der Waals surface area contributed by atoms with Crippen molar-refractivity contribution in [2.45, 2.75) is 237 Å². The normalized spacial score (nSPS) is 34.9. The van der Waals surface area contributed by atoms with E-state index < -0.39 is 0 Å². The fourth-order valence-electron chi connectivity index (χ4n) is 19.0. The van der Waals surface area contributed by atoms with Gasteiger partial charge in [0.25, 0.3) is 0 Å². The molecule has 0 heterocycles. The Hall–Kier alpha value is -3.03. The smallest absolute Gasteiger partial charge is 0.0768 e. The summed E-state index contributed by atoms with van der Waals surface area (Å²) in [5.74, 6) is 9.84. The van der Waals surface area contributed by atoms with Crippen molar-refractivity contribution in [2.24, 2.45) is 92.7 Å². The van der Waals surface area contributed by atoms with Crippen LogP contribution in [0.2, 0.25) is 0 Å². The number of rotatable bonds is 16. The van der Waals surface area contributed by atoms with E-state index in [1.165, 1.54) is 117 Å². The molecule has 0 aliphatic heterocycles. The standard InChI is InChI=1S/2C27H45O.2C10H9O2.Ti/c2*1-18(2)7-6-8-19(3)23-11-12-24-22-10-9-20-17-21(28)13-15-26(20,4)25(22)14-16-27(23,24)5;2*1-8(11)7-10(12)9-5-3-2-4-6-9;/h2*9,18-19,21-25H,6-8,10-17H2,1-5H3;2*2-7H,1H3;/q4*-1;/t2*19?,21-,22-,23+,24?,25?,26-,27+;;;/m00.../s1. The topological polar surface area (TPSA) is 114 Å². The van der Waals surface area contributed by atoms with E-state index in [0.29, 0.717) is 32.8 Å². The second-order valence-electron chi connectivity index (χ2n) is 29.3. The van der Waals surface area contributed by atoms with Crippen LogP contribution >= 0.6 is 0 Å². The quantitative estimate of drug-likeness (QED) is 0.0544. The first-order valence-corrected chi connectivity index (χ1v) is 32.5. The molecule has 6 fully saturated rings. The maximum Gasteiger partial charge on any atom is 0.0768 e. The number of carbonyl (C=O) groups excluding carboxylic acids is 4. The summed E-state index contributed by atoms with van der Waals surface area (Å²) < 4.78 is 0. The monoisotopic (exact) mass is 1140 g/mol. The summed E-state index contributed by atoms with van der Waals surface area (Å²) in [6.07, 6.45) is 35.2. The number of allylic oxidation sites excluding steroid dienone is 2. The van der Waals surface area contributed by atoms with Crippen molar-refractivity contribution in [1.82, 2.24) is 0 Å². The van der Waals surface area contributed by atoms with Crippen LogP contribution in [0.4, 0.5) is 0 Å². The summed E-state index contributed by atoms with van der Waals surface area (Å²) in [7, 11) is 0. The molecule has 0 amide bonds. The van der Waals surface area contributed by atoms with Crippen molar-refractivity contribution < 1.29 is 51.1 Å². The molecule has 0 spiro atoms. The molecule has 81 heavy (non-hydrogen) atoms. The first kappa shape index (κ1) is 67.1. The molecule has 8 aliphatic carbocycles. The Bertz CT molecular complexity index is 2260. The first-order chi connectivity index (χ1) is 37.9. The number of ketones is 4. The van der Waals surface area contributed by atoms with Crippen LogP contribution in [0.3, 0.4) is 0 Å². The zero-order valence-corrected chi connectivity index (χ0v) is 54.2. The van der Waals surface area contributed by atoms with E-state index in [-0.39, 0.29) is 57.1 Å². The maximum absolute atomic E-state index is 12.1. The number of benzene rings is 2. The Morgan fingerprint density at radius 1 is 0.494 bits per heavy atom. The van der Waals surface area contributed by atoms with Crippen LogP contribution < -0.4 is 10.2 Å². The molecule has 2 aromatic carbocycles. The maximum atomic E-state index is 12.1. The molecule has 0 aromatic heterocycles.